The van der Waals surface area contributed by atoms with Crippen LogP contribution in [0.3, 0.4) is 0 Å². The Morgan fingerprint density at radius 1 is 1.21 bits per heavy atom. The number of hydrogen-bond donors (Lipinski definition) is 1. The maximum Gasteiger partial charge on any atom is 0.318 e. The Morgan fingerprint density at radius 3 is 2.69 bits per heavy atom. The number of ether oxygens (including phenoxy) is 1. The third kappa shape index (κ3) is 4.53. The molecule has 150 valence electrons. The van der Waals surface area contributed by atoms with Gasteiger partial charge in [0.05, 0.1) is 7.11 Å². The Bertz CT molecular complexity index is 934. The molecule has 1 aliphatic heterocycles. The summed E-state index contributed by atoms with van der Waals surface area (Å²) in [5.74, 6) is 1.32. The second-order valence-electron chi connectivity index (χ2n) is 6.96. The van der Waals surface area contributed by atoms with E-state index in [1.165, 1.54) is 0 Å². The predicted octanol–water partition coefficient (Wildman–Crippen LogP) is 2.67. The molecule has 1 saturated heterocycles. The predicted molar refractivity (Wildman–Crippen MR) is 107 cm³/mol. The number of nitrogens with one attached hydrogen (secondary N) is 1. The van der Waals surface area contributed by atoms with Crippen LogP contribution in [0.25, 0.3) is 11.5 Å². The van der Waals surface area contributed by atoms with Crippen LogP contribution in [0.1, 0.15) is 18.4 Å². The number of piperidine rings is 1. The standard InChI is InChI=1S/C21H23N5O3/c1-28-18-6-4-17(5-7-18)20-24-25-21(29-20)26-11-8-16(9-12-26)19(27)23-14-15-3-2-10-22-13-15/h2-7,10,13,16H,8-9,11-12,14H2,1H3,(H,23,27). The van der Waals surface area contributed by atoms with Crippen LogP contribution in [0.5, 0.6) is 5.75 Å². The fourth-order valence-corrected chi connectivity index (χ4v) is 3.36. The van der Waals surface area contributed by atoms with Crippen LogP contribution in [-0.4, -0.2) is 41.3 Å². The summed E-state index contributed by atoms with van der Waals surface area (Å²) in [7, 11) is 1.63. The van der Waals surface area contributed by atoms with Crippen molar-refractivity contribution >= 4 is 11.9 Å². The smallest absolute Gasteiger partial charge is 0.318 e. The lowest BCUT2D eigenvalue weighted by atomic mass is 9.96. The lowest BCUT2D eigenvalue weighted by molar-refractivity contribution is -0.125. The topological polar surface area (TPSA) is 93.4 Å². The lowest BCUT2D eigenvalue weighted by Gasteiger charge is -2.29. The molecule has 8 heteroatoms. The summed E-state index contributed by atoms with van der Waals surface area (Å²) in [5, 5.41) is 11.3. The SMILES string of the molecule is COc1ccc(-c2nnc(N3CCC(C(=O)NCc4cccnc4)CC3)o2)cc1. The molecular formula is C21H23N5O3. The number of pyridine rings is 1. The molecule has 8 nitrogen and oxygen atoms in total. The molecule has 1 N–H and O–H groups in total. The molecule has 1 fully saturated rings. The molecule has 0 bridgehead atoms. The summed E-state index contributed by atoms with van der Waals surface area (Å²) in [4.78, 5) is 18.5. The fourth-order valence-electron chi connectivity index (χ4n) is 3.36. The number of methoxy groups -OCH3 is 1. The Balaban J connectivity index is 1.30. The van der Waals surface area contributed by atoms with Gasteiger partial charge in [0, 0.05) is 43.5 Å². The number of anilines is 1. The molecule has 0 spiro atoms. The first kappa shape index (κ1) is 18.9. The highest BCUT2D eigenvalue weighted by Gasteiger charge is 2.27. The van der Waals surface area contributed by atoms with E-state index in [1.54, 1.807) is 19.5 Å². The van der Waals surface area contributed by atoms with Gasteiger partial charge in [-0.15, -0.1) is 5.10 Å². The van der Waals surface area contributed by atoms with Crippen molar-refractivity contribution in [2.75, 3.05) is 25.1 Å². The third-order valence-corrected chi connectivity index (χ3v) is 5.08. The molecule has 4 rings (SSSR count). The van der Waals surface area contributed by atoms with Crippen molar-refractivity contribution in [2.24, 2.45) is 5.92 Å². The Labute approximate surface area is 168 Å². The second kappa shape index (κ2) is 8.72. The van der Waals surface area contributed by atoms with Crippen LogP contribution in [-0.2, 0) is 11.3 Å². The van der Waals surface area contributed by atoms with E-state index in [-0.39, 0.29) is 11.8 Å². The summed E-state index contributed by atoms with van der Waals surface area (Å²) in [6.07, 6.45) is 4.98. The number of hydrogen-bond acceptors (Lipinski definition) is 7. The zero-order chi connectivity index (χ0) is 20.1. The zero-order valence-corrected chi connectivity index (χ0v) is 16.2. The van der Waals surface area contributed by atoms with Gasteiger partial charge in [0.15, 0.2) is 0 Å². The minimum atomic E-state index is -0.00750. The van der Waals surface area contributed by atoms with E-state index in [0.717, 1.165) is 29.7 Å². The maximum absolute atomic E-state index is 12.4. The van der Waals surface area contributed by atoms with Crippen LogP contribution in [0.4, 0.5) is 6.01 Å². The van der Waals surface area contributed by atoms with Crippen molar-refractivity contribution in [3.8, 4) is 17.2 Å². The van der Waals surface area contributed by atoms with E-state index in [1.807, 2.05) is 41.3 Å². The van der Waals surface area contributed by atoms with Gasteiger partial charge in [-0.3, -0.25) is 9.78 Å². The van der Waals surface area contributed by atoms with Gasteiger partial charge in [-0.1, -0.05) is 11.2 Å². The molecule has 3 heterocycles. The largest absolute Gasteiger partial charge is 0.497 e. The first-order chi connectivity index (χ1) is 14.2. The Hall–Kier alpha value is -3.42. The van der Waals surface area contributed by atoms with Gasteiger partial charge in [-0.05, 0) is 48.7 Å². The molecule has 0 aliphatic carbocycles. The van der Waals surface area contributed by atoms with Gasteiger partial charge in [0.2, 0.25) is 11.8 Å². The average molecular weight is 393 g/mol. The summed E-state index contributed by atoms with van der Waals surface area (Å²) < 4.78 is 11.0. The lowest BCUT2D eigenvalue weighted by Crippen LogP contribution is -2.40. The van der Waals surface area contributed by atoms with E-state index in [9.17, 15) is 4.79 Å². The highest BCUT2D eigenvalue weighted by Crippen LogP contribution is 2.27. The van der Waals surface area contributed by atoms with Crippen LogP contribution in [0.2, 0.25) is 0 Å². The second-order valence-corrected chi connectivity index (χ2v) is 6.96. The van der Waals surface area contributed by atoms with Crippen molar-refractivity contribution < 1.29 is 13.9 Å². The molecule has 1 aromatic carbocycles. The minimum absolute atomic E-state index is 0.00750. The average Bonchev–Trinajstić information content (AvgIpc) is 3.29. The third-order valence-electron chi connectivity index (χ3n) is 5.08. The summed E-state index contributed by atoms with van der Waals surface area (Å²) in [5.41, 5.74) is 1.84. The van der Waals surface area contributed by atoms with Gasteiger partial charge in [-0.25, -0.2) is 0 Å². The number of rotatable bonds is 6. The van der Waals surface area contributed by atoms with Gasteiger partial charge >= 0.3 is 6.01 Å². The zero-order valence-electron chi connectivity index (χ0n) is 16.2. The van der Waals surface area contributed by atoms with Crippen LogP contribution in [0.15, 0.2) is 53.2 Å². The van der Waals surface area contributed by atoms with E-state index in [0.29, 0.717) is 31.5 Å². The van der Waals surface area contributed by atoms with Crippen molar-refractivity contribution in [1.82, 2.24) is 20.5 Å². The highest BCUT2D eigenvalue weighted by atomic mass is 16.5. The number of carbonyl (C=O) groups is 1. The molecule has 1 amide bonds. The fraction of sp³-hybridized carbons (Fsp3) is 0.333. The molecule has 0 radical (unpaired) electrons. The van der Waals surface area contributed by atoms with Crippen molar-refractivity contribution in [3.05, 3.63) is 54.4 Å². The number of carbonyl (C=O) groups excluding carboxylic acids is 1. The molecule has 3 aromatic rings. The molecule has 29 heavy (non-hydrogen) atoms. The minimum Gasteiger partial charge on any atom is -0.497 e. The van der Waals surface area contributed by atoms with Gasteiger partial charge in [-0.2, -0.15) is 0 Å². The number of amides is 1. The summed E-state index contributed by atoms with van der Waals surface area (Å²) in [6, 6.07) is 11.8. The quantitative estimate of drug-likeness (QED) is 0.688. The molecule has 0 atom stereocenters. The molecule has 2 aromatic heterocycles. The number of aromatic nitrogens is 3. The van der Waals surface area contributed by atoms with E-state index < -0.39 is 0 Å². The Morgan fingerprint density at radius 2 is 2.00 bits per heavy atom. The first-order valence-corrected chi connectivity index (χ1v) is 9.62. The van der Waals surface area contributed by atoms with Crippen molar-refractivity contribution in [3.63, 3.8) is 0 Å². The van der Waals surface area contributed by atoms with Crippen LogP contribution in [0, 0.1) is 5.92 Å². The van der Waals surface area contributed by atoms with Gasteiger partial charge in [0.25, 0.3) is 0 Å². The molecule has 0 unspecified atom stereocenters. The number of nitrogens with zero attached hydrogens (tertiary/aromatic N) is 4. The monoisotopic (exact) mass is 393 g/mol. The summed E-state index contributed by atoms with van der Waals surface area (Å²) in [6.45, 7) is 1.91. The highest BCUT2D eigenvalue weighted by molar-refractivity contribution is 5.78. The van der Waals surface area contributed by atoms with Crippen LogP contribution < -0.4 is 15.0 Å². The number of benzene rings is 1. The van der Waals surface area contributed by atoms with E-state index in [2.05, 4.69) is 20.5 Å². The van der Waals surface area contributed by atoms with Crippen molar-refractivity contribution in [1.29, 1.82) is 0 Å². The molecule has 1 aliphatic rings. The normalized spacial score (nSPS) is 14.6. The van der Waals surface area contributed by atoms with E-state index >= 15 is 0 Å². The maximum atomic E-state index is 12.4. The first-order valence-electron chi connectivity index (χ1n) is 9.62. The summed E-state index contributed by atoms with van der Waals surface area (Å²) >= 11 is 0. The van der Waals surface area contributed by atoms with Gasteiger partial charge in [0.1, 0.15) is 5.75 Å². The Kier molecular flexibility index (Phi) is 5.69. The molecular weight excluding hydrogens is 370 g/mol. The van der Waals surface area contributed by atoms with E-state index in [4.69, 9.17) is 9.15 Å². The van der Waals surface area contributed by atoms with Gasteiger partial charge < -0.3 is 19.4 Å². The van der Waals surface area contributed by atoms with Crippen LogP contribution >= 0.6 is 0 Å². The van der Waals surface area contributed by atoms with Crippen molar-refractivity contribution in [2.45, 2.75) is 19.4 Å². The molecule has 0 saturated carbocycles.